The summed E-state index contributed by atoms with van der Waals surface area (Å²) < 4.78 is 6.74. The van der Waals surface area contributed by atoms with Gasteiger partial charge >= 0.3 is 0 Å². The molecule has 0 amide bonds. The van der Waals surface area contributed by atoms with Crippen molar-refractivity contribution in [3.8, 4) is 5.75 Å². The molecule has 0 aliphatic heterocycles. The predicted molar refractivity (Wildman–Crippen MR) is 84.8 cm³/mol. The van der Waals surface area contributed by atoms with Crippen LogP contribution in [0.1, 0.15) is 23.8 Å². The number of nitrogens with one attached hydrogen (secondary N) is 1. The Kier molecular flexibility index (Phi) is 5.89. The van der Waals surface area contributed by atoms with E-state index >= 15 is 0 Å². The number of halogens is 1. The molecule has 2 rings (SSSR count). The van der Waals surface area contributed by atoms with Crippen LogP contribution in [0.2, 0.25) is 0 Å². The van der Waals surface area contributed by atoms with Gasteiger partial charge in [0.1, 0.15) is 5.75 Å². The quantitative estimate of drug-likeness (QED) is 0.796. The highest BCUT2D eigenvalue weighted by atomic mass is 79.9. The van der Waals surface area contributed by atoms with Crippen molar-refractivity contribution in [2.24, 2.45) is 0 Å². The maximum Gasteiger partial charge on any atom is 0.119 e. The molecule has 2 aromatic rings. The van der Waals surface area contributed by atoms with E-state index in [9.17, 15) is 0 Å². The molecule has 0 saturated carbocycles. The topological polar surface area (TPSA) is 21.3 Å². The molecule has 0 fully saturated rings. The smallest absolute Gasteiger partial charge is 0.119 e. The van der Waals surface area contributed by atoms with Crippen LogP contribution in [0.5, 0.6) is 5.75 Å². The monoisotopic (exact) mass is 339 g/mol. The van der Waals surface area contributed by atoms with Crippen LogP contribution >= 0.6 is 27.3 Å². The maximum atomic E-state index is 5.56. The molecule has 4 heteroatoms. The van der Waals surface area contributed by atoms with E-state index in [-0.39, 0.29) is 0 Å². The number of benzene rings is 1. The molecule has 0 aliphatic rings. The summed E-state index contributed by atoms with van der Waals surface area (Å²) in [4.78, 5) is 1.34. The number of hydrogen-bond acceptors (Lipinski definition) is 3. The van der Waals surface area contributed by atoms with Gasteiger partial charge in [-0.15, -0.1) is 11.3 Å². The van der Waals surface area contributed by atoms with Crippen molar-refractivity contribution in [3.05, 3.63) is 50.6 Å². The van der Waals surface area contributed by atoms with Gasteiger partial charge in [-0.1, -0.05) is 19.1 Å². The van der Waals surface area contributed by atoms with Crippen molar-refractivity contribution in [3.63, 3.8) is 0 Å². The molecule has 0 atom stereocenters. The second-order valence-electron chi connectivity index (χ2n) is 4.30. The SMILES string of the molecule is CCCOc1ccc(CNCc2ccc(Br)s2)cc1. The van der Waals surface area contributed by atoms with Crippen molar-refractivity contribution >= 4 is 27.3 Å². The normalized spacial score (nSPS) is 10.6. The van der Waals surface area contributed by atoms with Crippen molar-refractivity contribution in [2.75, 3.05) is 6.61 Å². The molecule has 0 radical (unpaired) electrons. The minimum atomic E-state index is 0.783. The molecule has 1 N–H and O–H groups in total. The van der Waals surface area contributed by atoms with Crippen molar-refractivity contribution in [1.29, 1.82) is 0 Å². The van der Waals surface area contributed by atoms with Crippen molar-refractivity contribution in [1.82, 2.24) is 5.32 Å². The first-order chi connectivity index (χ1) is 9.28. The fraction of sp³-hybridized carbons (Fsp3) is 0.333. The summed E-state index contributed by atoms with van der Waals surface area (Å²) in [5.74, 6) is 0.952. The van der Waals surface area contributed by atoms with Crippen LogP contribution in [0.25, 0.3) is 0 Å². The largest absolute Gasteiger partial charge is 0.494 e. The summed E-state index contributed by atoms with van der Waals surface area (Å²) >= 11 is 5.24. The number of ether oxygens (including phenoxy) is 1. The van der Waals surface area contributed by atoms with E-state index in [0.717, 1.165) is 31.9 Å². The summed E-state index contributed by atoms with van der Waals surface area (Å²) in [6.45, 7) is 4.68. The second kappa shape index (κ2) is 7.68. The molecule has 0 unspecified atom stereocenters. The number of hydrogen-bond donors (Lipinski definition) is 1. The van der Waals surface area contributed by atoms with Gasteiger partial charge < -0.3 is 10.1 Å². The van der Waals surface area contributed by atoms with Crippen molar-refractivity contribution in [2.45, 2.75) is 26.4 Å². The summed E-state index contributed by atoms with van der Waals surface area (Å²) in [7, 11) is 0. The van der Waals surface area contributed by atoms with Gasteiger partial charge in [0, 0.05) is 18.0 Å². The highest BCUT2D eigenvalue weighted by Crippen LogP contribution is 2.21. The maximum absolute atomic E-state index is 5.56. The number of rotatable bonds is 7. The first kappa shape index (κ1) is 14.6. The molecule has 0 saturated heterocycles. The zero-order chi connectivity index (χ0) is 13.5. The minimum Gasteiger partial charge on any atom is -0.494 e. The second-order valence-corrected chi connectivity index (χ2v) is 6.85. The van der Waals surface area contributed by atoms with Gasteiger partial charge in [-0.3, -0.25) is 0 Å². The van der Waals surface area contributed by atoms with E-state index in [1.54, 1.807) is 11.3 Å². The minimum absolute atomic E-state index is 0.783. The Morgan fingerprint density at radius 3 is 2.53 bits per heavy atom. The van der Waals surface area contributed by atoms with Gasteiger partial charge in [0.15, 0.2) is 0 Å². The van der Waals surface area contributed by atoms with E-state index in [2.05, 4.69) is 52.4 Å². The van der Waals surface area contributed by atoms with Crippen LogP contribution in [0.3, 0.4) is 0 Å². The molecular formula is C15H18BrNOS. The third-order valence-corrected chi connectivity index (χ3v) is 4.28. The van der Waals surface area contributed by atoms with Gasteiger partial charge in [0.25, 0.3) is 0 Å². The Morgan fingerprint density at radius 2 is 1.89 bits per heavy atom. The van der Waals surface area contributed by atoms with Crippen molar-refractivity contribution < 1.29 is 4.74 Å². The van der Waals surface area contributed by atoms with Crippen LogP contribution in [-0.4, -0.2) is 6.61 Å². The highest BCUT2D eigenvalue weighted by molar-refractivity contribution is 9.11. The zero-order valence-electron chi connectivity index (χ0n) is 11.0. The fourth-order valence-corrected chi connectivity index (χ4v) is 3.15. The van der Waals surface area contributed by atoms with Gasteiger partial charge in [-0.25, -0.2) is 0 Å². The lowest BCUT2D eigenvalue weighted by Crippen LogP contribution is -2.11. The van der Waals surface area contributed by atoms with Crippen LogP contribution in [0.15, 0.2) is 40.2 Å². The molecule has 19 heavy (non-hydrogen) atoms. The average molecular weight is 340 g/mol. The van der Waals surface area contributed by atoms with Crippen LogP contribution in [0.4, 0.5) is 0 Å². The number of thiophene rings is 1. The third-order valence-electron chi connectivity index (χ3n) is 2.65. The third kappa shape index (κ3) is 4.97. The van der Waals surface area contributed by atoms with E-state index in [4.69, 9.17) is 4.74 Å². The first-order valence-corrected chi connectivity index (χ1v) is 8.05. The van der Waals surface area contributed by atoms with E-state index in [0.29, 0.717) is 0 Å². The Bertz CT molecular complexity index is 495. The summed E-state index contributed by atoms with van der Waals surface area (Å²) in [5, 5.41) is 3.44. The van der Waals surface area contributed by atoms with Gasteiger partial charge in [-0.05, 0) is 52.2 Å². The summed E-state index contributed by atoms with van der Waals surface area (Å²) in [6, 6.07) is 12.5. The fourth-order valence-electron chi connectivity index (χ4n) is 1.70. The van der Waals surface area contributed by atoms with Crippen LogP contribution < -0.4 is 10.1 Å². The molecule has 0 bridgehead atoms. The molecule has 2 nitrogen and oxygen atoms in total. The molecule has 0 spiro atoms. The molecular weight excluding hydrogens is 322 g/mol. The Balaban J connectivity index is 1.76. The predicted octanol–water partition coefficient (Wildman–Crippen LogP) is 4.59. The summed E-state index contributed by atoms with van der Waals surface area (Å²) in [6.07, 6.45) is 1.04. The molecule has 1 aromatic heterocycles. The van der Waals surface area contributed by atoms with E-state index < -0.39 is 0 Å². The lowest BCUT2D eigenvalue weighted by molar-refractivity contribution is 0.317. The Morgan fingerprint density at radius 1 is 1.11 bits per heavy atom. The molecule has 1 heterocycles. The lowest BCUT2D eigenvalue weighted by Gasteiger charge is -2.06. The first-order valence-electron chi connectivity index (χ1n) is 6.44. The summed E-state index contributed by atoms with van der Waals surface area (Å²) in [5.41, 5.74) is 1.28. The zero-order valence-corrected chi connectivity index (χ0v) is 13.4. The van der Waals surface area contributed by atoms with Crippen LogP contribution in [0, 0.1) is 0 Å². The Hall–Kier alpha value is -0.840. The molecule has 1 aromatic carbocycles. The van der Waals surface area contributed by atoms with Gasteiger partial charge in [0.2, 0.25) is 0 Å². The van der Waals surface area contributed by atoms with Crippen LogP contribution in [-0.2, 0) is 13.1 Å². The van der Waals surface area contributed by atoms with Gasteiger partial charge in [-0.2, -0.15) is 0 Å². The van der Waals surface area contributed by atoms with E-state index in [1.807, 2.05) is 12.1 Å². The standard InChI is InChI=1S/C15H18BrNOS/c1-2-9-18-13-5-3-12(4-6-13)10-17-11-14-7-8-15(16)19-14/h3-8,17H,2,9-11H2,1H3. The Labute approximate surface area is 126 Å². The highest BCUT2D eigenvalue weighted by Gasteiger charge is 1.98. The molecule has 0 aliphatic carbocycles. The van der Waals surface area contributed by atoms with E-state index in [1.165, 1.54) is 14.2 Å². The molecule has 102 valence electrons. The van der Waals surface area contributed by atoms with Gasteiger partial charge in [0.05, 0.1) is 10.4 Å². The lowest BCUT2D eigenvalue weighted by atomic mass is 10.2. The average Bonchev–Trinajstić information content (AvgIpc) is 2.84.